The Balaban J connectivity index is 0.000000465. The summed E-state index contributed by atoms with van der Waals surface area (Å²) in [7, 11) is 0. The third-order valence-corrected chi connectivity index (χ3v) is 4.75. The predicted octanol–water partition coefficient (Wildman–Crippen LogP) is 4.42. The summed E-state index contributed by atoms with van der Waals surface area (Å²) in [4.78, 5) is 16.4. The molecule has 0 aromatic carbocycles. The molecule has 1 amide bonds. The van der Waals surface area contributed by atoms with Gasteiger partial charge in [-0.15, -0.1) is 0 Å². The normalized spacial score (nSPS) is 14.9. The SMILES string of the molecule is CCCCO.Cc1cc(C(F)F)nc2c(C(=O)NC3CCCCC3)ccn12. The summed E-state index contributed by atoms with van der Waals surface area (Å²) in [6, 6.07) is 3.17. The average Bonchev–Trinajstić information content (AvgIpc) is 3.08. The molecule has 3 rings (SSSR count). The van der Waals surface area contributed by atoms with Crippen LogP contribution in [0, 0.1) is 6.92 Å². The van der Waals surface area contributed by atoms with Crippen molar-refractivity contribution in [3.8, 4) is 0 Å². The molecule has 0 unspecified atom stereocenters. The van der Waals surface area contributed by atoms with Gasteiger partial charge < -0.3 is 14.8 Å². The highest BCUT2D eigenvalue weighted by Gasteiger charge is 2.21. The highest BCUT2D eigenvalue weighted by molar-refractivity contribution is 6.00. The molecule has 2 aromatic heterocycles. The smallest absolute Gasteiger partial charge is 0.280 e. The van der Waals surface area contributed by atoms with Crippen LogP contribution in [-0.4, -0.2) is 33.0 Å². The monoisotopic (exact) mass is 381 g/mol. The van der Waals surface area contributed by atoms with E-state index < -0.39 is 6.43 Å². The van der Waals surface area contributed by atoms with E-state index in [1.165, 1.54) is 12.5 Å². The molecule has 0 saturated heterocycles. The van der Waals surface area contributed by atoms with Crippen molar-refractivity contribution < 1.29 is 18.7 Å². The number of nitrogens with one attached hydrogen (secondary N) is 1. The van der Waals surface area contributed by atoms with E-state index in [-0.39, 0.29) is 17.6 Å². The lowest BCUT2D eigenvalue weighted by atomic mass is 9.95. The number of hydrogen-bond acceptors (Lipinski definition) is 3. The number of halogens is 2. The fourth-order valence-corrected chi connectivity index (χ4v) is 3.22. The van der Waals surface area contributed by atoms with Crippen LogP contribution in [0.5, 0.6) is 0 Å². The summed E-state index contributed by atoms with van der Waals surface area (Å²) < 4.78 is 27.5. The molecule has 1 fully saturated rings. The number of amides is 1. The number of aromatic nitrogens is 2. The van der Waals surface area contributed by atoms with E-state index in [2.05, 4.69) is 17.2 Å². The topological polar surface area (TPSA) is 66.6 Å². The number of alkyl halides is 2. The molecule has 1 saturated carbocycles. The van der Waals surface area contributed by atoms with Gasteiger partial charge in [0.25, 0.3) is 12.3 Å². The van der Waals surface area contributed by atoms with Gasteiger partial charge in [-0.3, -0.25) is 4.79 Å². The Morgan fingerprint density at radius 2 is 2.07 bits per heavy atom. The molecule has 0 atom stereocenters. The number of unbranched alkanes of at least 4 members (excludes halogenated alkanes) is 1. The van der Waals surface area contributed by atoms with Crippen molar-refractivity contribution in [2.24, 2.45) is 0 Å². The highest BCUT2D eigenvalue weighted by atomic mass is 19.3. The maximum Gasteiger partial charge on any atom is 0.280 e. The van der Waals surface area contributed by atoms with Gasteiger partial charge in [-0.05, 0) is 38.3 Å². The summed E-state index contributed by atoms with van der Waals surface area (Å²) in [6.07, 6.45) is 6.49. The third-order valence-electron chi connectivity index (χ3n) is 4.75. The van der Waals surface area contributed by atoms with Crippen LogP contribution in [0.2, 0.25) is 0 Å². The van der Waals surface area contributed by atoms with Crippen molar-refractivity contribution in [1.29, 1.82) is 0 Å². The first-order chi connectivity index (χ1) is 13.0. The van der Waals surface area contributed by atoms with Crippen molar-refractivity contribution in [3.05, 3.63) is 35.3 Å². The summed E-state index contributed by atoms with van der Waals surface area (Å²) in [5.41, 5.74) is 0.993. The zero-order valence-corrected chi connectivity index (χ0v) is 16.0. The zero-order chi connectivity index (χ0) is 19.8. The molecule has 0 aliphatic heterocycles. The van der Waals surface area contributed by atoms with Crippen LogP contribution < -0.4 is 5.32 Å². The van der Waals surface area contributed by atoms with E-state index in [1.54, 1.807) is 23.6 Å². The van der Waals surface area contributed by atoms with Gasteiger partial charge in [0.1, 0.15) is 11.3 Å². The number of nitrogens with zero attached hydrogens (tertiary/aromatic N) is 2. The van der Waals surface area contributed by atoms with Gasteiger partial charge >= 0.3 is 0 Å². The minimum atomic E-state index is -2.65. The van der Waals surface area contributed by atoms with Crippen LogP contribution in [0.25, 0.3) is 5.65 Å². The van der Waals surface area contributed by atoms with Crippen LogP contribution in [0.15, 0.2) is 18.3 Å². The molecule has 2 aromatic rings. The molecule has 1 aliphatic carbocycles. The maximum absolute atomic E-state index is 12.9. The summed E-state index contributed by atoms with van der Waals surface area (Å²) in [6.45, 7) is 4.12. The Morgan fingerprint density at radius 1 is 1.37 bits per heavy atom. The second kappa shape index (κ2) is 10.3. The predicted molar refractivity (Wildman–Crippen MR) is 101 cm³/mol. The second-order valence-corrected chi connectivity index (χ2v) is 6.93. The molecule has 0 bridgehead atoms. The molecule has 2 heterocycles. The molecule has 27 heavy (non-hydrogen) atoms. The molecular formula is C20H29F2N3O2. The lowest BCUT2D eigenvalue weighted by molar-refractivity contribution is 0.0929. The standard InChI is InChI=1S/C16H19F2N3O.C4H10O/c1-10-9-13(14(17)18)20-15-12(7-8-21(10)15)16(22)19-11-5-3-2-4-6-11;1-2-3-4-5/h7-9,11,14H,2-6H2,1H3,(H,19,22);5H,2-4H2,1H3. The van der Waals surface area contributed by atoms with Crippen molar-refractivity contribution in [2.75, 3.05) is 6.61 Å². The number of aliphatic hydroxyl groups is 1. The molecule has 0 spiro atoms. The van der Waals surface area contributed by atoms with Crippen molar-refractivity contribution in [2.45, 2.75) is 71.3 Å². The maximum atomic E-state index is 12.9. The first-order valence-corrected chi connectivity index (χ1v) is 9.66. The van der Waals surface area contributed by atoms with Crippen LogP contribution >= 0.6 is 0 Å². The number of carbonyl (C=O) groups excluding carboxylic acids is 1. The molecule has 150 valence electrons. The lowest BCUT2D eigenvalue weighted by Gasteiger charge is -2.22. The van der Waals surface area contributed by atoms with Crippen LogP contribution in [0.1, 0.15) is 80.0 Å². The van der Waals surface area contributed by atoms with E-state index in [1.807, 2.05) is 0 Å². The number of rotatable bonds is 5. The largest absolute Gasteiger partial charge is 0.396 e. The van der Waals surface area contributed by atoms with E-state index in [0.29, 0.717) is 23.5 Å². The molecule has 7 heteroatoms. The van der Waals surface area contributed by atoms with E-state index in [4.69, 9.17) is 5.11 Å². The Kier molecular flexibility index (Phi) is 8.16. The summed E-state index contributed by atoms with van der Waals surface area (Å²) in [5.74, 6) is -0.229. The Labute approximate surface area is 158 Å². The van der Waals surface area contributed by atoms with Gasteiger partial charge in [0.15, 0.2) is 0 Å². The fourth-order valence-electron chi connectivity index (χ4n) is 3.22. The lowest BCUT2D eigenvalue weighted by Crippen LogP contribution is -2.36. The Bertz CT molecular complexity index is 738. The number of aryl methyl sites for hydroxylation is 1. The van der Waals surface area contributed by atoms with Gasteiger partial charge in [0.2, 0.25) is 0 Å². The van der Waals surface area contributed by atoms with Crippen molar-refractivity contribution >= 4 is 11.6 Å². The number of carbonyl (C=O) groups is 1. The van der Waals surface area contributed by atoms with Crippen molar-refractivity contribution in [3.63, 3.8) is 0 Å². The first-order valence-electron chi connectivity index (χ1n) is 9.66. The van der Waals surface area contributed by atoms with Gasteiger partial charge in [0, 0.05) is 24.5 Å². The van der Waals surface area contributed by atoms with E-state index in [0.717, 1.165) is 38.5 Å². The second-order valence-electron chi connectivity index (χ2n) is 6.93. The first kappa shape index (κ1) is 21.3. The van der Waals surface area contributed by atoms with Crippen molar-refractivity contribution in [1.82, 2.24) is 14.7 Å². The Morgan fingerprint density at radius 3 is 2.63 bits per heavy atom. The van der Waals surface area contributed by atoms with E-state index >= 15 is 0 Å². The van der Waals surface area contributed by atoms with Crippen LogP contribution in [0.4, 0.5) is 8.78 Å². The third kappa shape index (κ3) is 5.73. The molecule has 5 nitrogen and oxygen atoms in total. The van der Waals surface area contributed by atoms with Crippen LogP contribution in [-0.2, 0) is 0 Å². The fraction of sp³-hybridized carbons (Fsp3) is 0.600. The van der Waals surface area contributed by atoms with Crippen LogP contribution in [0.3, 0.4) is 0 Å². The van der Waals surface area contributed by atoms with Gasteiger partial charge in [-0.25, -0.2) is 13.8 Å². The van der Waals surface area contributed by atoms with E-state index in [9.17, 15) is 13.6 Å². The molecule has 0 radical (unpaired) electrons. The minimum absolute atomic E-state index is 0.176. The summed E-state index contributed by atoms with van der Waals surface area (Å²) in [5, 5.41) is 11.1. The van der Waals surface area contributed by atoms with Gasteiger partial charge in [0.05, 0.1) is 5.56 Å². The summed E-state index contributed by atoms with van der Waals surface area (Å²) >= 11 is 0. The van der Waals surface area contributed by atoms with Gasteiger partial charge in [-0.1, -0.05) is 32.6 Å². The number of aliphatic hydroxyl groups excluding tert-OH is 1. The molecular weight excluding hydrogens is 352 g/mol. The number of hydrogen-bond donors (Lipinski definition) is 2. The molecule has 2 N–H and O–H groups in total. The molecule has 1 aliphatic rings. The quantitative estimate of drug-likeness (QED) is 0.806. The zero-order valence-electron chi connectivity index (χ0n) is 16.0. The highest BCUT2D eigenvalue weighted by Crippen LogP contribution is 2.22. The van der Waals surface area contributed by atoms with Gasteiger partial charge in [-0.2, -0.15) is 0 Å². The number of fused-ring (bicyclic) bond motifs is 1. The minimum Gasteiger partial charge on any atom is -0.396 e. The Hall–Kier alpha value is -2.02. The average molecular weight is 381 g/mol.